The molecule has 7 nitrogen and oxygen atoms in total. The van der Waals surface area contributed by atoms with E-state index in [0.717, 1.165) is 27.6 Å². The summed E-state index contributed by atoms with van der Waals surface area (Å²) < 4.78 is 0. The molecule has 2 amide bonds. The van der Waals surface area contributed by atoms with E-state index in [-0.39, 0.29) is 45.1 Å². The zero-order chi connectivity index (χ0) is 20.1. The molecule has 2 aliphatic heterocycles. The van der Waals surface area contributed by atoms with Gasteiger partial charge in [0.1, 0.15) is 6.04 Å². The molecule has 1 aromatic heterocycles. The smallest absolute Gasteiger partial charge is 0.326 e. The molecule has 4 aliphatic rings. The topological polar surface area (TPSA) is 108 Å². The number of carbonyl (C=O) groups is 3. The summed E-state index contributed by atoms with van der Waals surface area (Å²) in [7, 11) is 0. The van der Waals surface area contributed by atoms with Crippen molar-refractivity contribution in [2.24, 2.45) is 29.6 Å². The summed E-state index contributed by atoms with van der Waals surface area (Å²) in [6.45, 7) is 5.70. The van der Waals surface area contributed by atoms with Gasteiger partial charge in [0.2, 0.25) is 11.8 Å². The van der Waals surface area contributed by atoms with E-state index in [0.29, 0.717) is 0 Å². The van der Waals surface area contributed by atoms with Crippen LogP contribution >= 0.6 is 23.1 Å². The lowest BCUT2D eigenvalue weighted by Gasteiger charge is -2.48. The van der Waals surface area contributed by atoms with Crippen molar-refractivity contribution in [2.45, 2.75) is 55.3 Å². The average molecular weight is 423 g/mol. The normalized spacial score (nSPS) is 41.8. The number of H-pyrrole nitrogens is 1. The zero-order valence-electron chi connectivity index (χ0n) is 15.8. The summed E-state index contributed by atoms with van der Waals surface area (Å²) in [4.78, 5) is 54.6. The quantitative estimate of drug-likeness (QED) is 0.721. The number of nitrogens with one attached hydrogen (secondary N) is 1. The second kappa shape index (κ2) is 5.72. The van der Waals surface area contributed by atoms with Gasteiger partial charge >= 0.3 is 10.8 Å². The molecule has 9 heteroatoms. The summed E-state index contributed by atoms with van der Waals surface area (Å²) in [6.07, 6.45) is 1.69. The molecule has 2 saturated carbocycles. The number of hydrogen-bond acceptors (Lipinski definition) is 6. The predicted molar refractivity (Wildman–Crippen MR) is 103 cm³/mol. The number of likely N-dealkylation sites (tertiary alicyclic amines) is 1. The van der Waals surface area contributed by atoms with Crippen molar-refractivity contribution in [3.05, 3.63) is 14.5 Å². The average Bonchev–Trinajstić information content (AvgIpc) is 3.36. The Morgan fingerprint density at radius 1 is 1.29 bits per heavy atom. The number of aliphatic carboxylic acids is 1. The Bertz CT molecular complexity index is 970. The van der Waals surface area contributed by atoms with E-state index in [4.69, 9.17) is 0 Å². The van der Waals surface area contributed by atoms with Crippen LogP contribution in [0.4, 0.5) is 0 Å². The Morgan fingerprint density at radius 3 is 2.54 bits per heavy atom. The number of aromatic nitrogens is 1. The number of fused-ring (bicyclic) bond motifs is 9. The lowest BCUT2D eigenvalue weighted by Crippen LogP contribution is -2.49. The lowest BCUT2D eigenvalue weighted by molar-refractivity contribution is -0.154. The number of carbonyl (C=O) groups excluding carboxylic acids is 2. The van der Waals surface area contributed by atoms with Gasteiger partial charge in [0, 0.05) is 15.5 Å². The number of nitrogens with zero attached hydrogens (tertiary/aromatic N) is 1. The van der Waals surface area contributed by atoms with Crippen LogP contribution in [0.25, 0.3) is 0 Å². The molecule has 2 N–H and O–H groups in total. The molecular formula is C19H22N2O5S2. The second-order valence-electron chi connectivity index (χ2n) is 8.73. The number of rotatable bonds is 3. The fourth-order valence-corrected chi connectivity index (χ4v) is 9.60. The van der Waals surface area contributed by atoms with Gasteiger partial charge in [-0.2, -0.15) is 0 Å². The highest BCUT2D eigenvalue weighted by Crippen LogP contribution is 2.69. The summed E-state index contributed by atoms with van der Waals surface area (Å²) in [6, 6.07) is -1.13. The fourth-order valence-electron chi connectivity index (χ4n) is 6.41. The van der Waals surface area contributed by atoms with Crippen LogP contribution in [0.3, 0.4) is 0 Å². The van der Waals surface area contributed by atoms with E-state index in [2.05, 4.69) is 18.8 Å². The van der Waals surface area contributed by atoms with Crippen molar-refractivity contribution in [1.29, 1.82) is 0 Å². The number of thioether (sulfide) groups is 1. The molecule has 0 unspecified atom stereocenters. The Morgan fingerprint density at radius 2 is 1.93 bits per heavy atom. The highest BCUT2D eigenvalue weighted by molar-refractivity contribution is 8.00. The highest BCUT2D eigenvalue weighted by atomic mass is 32.2. The molecule has 2 bridgehead atoms. The Hall–Kier alpha value is -1.61. The Labute approximate surface area is 169 Å². The van der Waals surface area contributed by atoms with Crippen LogP contribution in [-0.4, -0.2) is 44.1 Å². The predicted octanol–water partition coefficient (Wildman–Crippen LogP) is 1.92. The first-order valence-corrected chi connectivity index (χ1v) is 11.4. The zero-order valence-corrected chi connectivity index (χ0v) is 17.4. The third kappa shape index (κ3) is 2.01. The summed E-state index contributed by atoms with van der Waals surface area (Å²) >= 11 is 2.92. The van der Waals surface area contributed by atoms with E-state index in [1.807, 2.05) is 0 Å². The molecular weight excluding hydrogens is 400 g/mol. The van der Waals surface area contributed by atoms with Gasteiger partial charge in [-0.3, -0.25) is 19.3 Å². The molecule has 0 radical (unpaired) electrons. The molecule has 8 atom stereocenters. The first-order valence-electron chi connectivity index (χ1n) is 9.70. The van der Waals surface area contributed by atoms with Gasteiger partial charge in [0.15, 0.2) is 0 Å². The van der Waals surface area contributed by atoms with Crippen LogP contribution in [0.1, 0.15) is 38.5 Å². The molecule has 1 saturated heterocycles. The van der Waals surface area contributed by atoms with Gasteiger partial charge in [-0.05, 0) is 37.5 Å². The summed E-state index contributed by atoms with van der Waals surface area (Å²) in [5, 5.41) is 10.4. The standard InChI is InChI=1S/C19H22N2O5S2/c1-4-19(3)11-7-5-8(12(11)27-14-13(19)28-18(26)20-14)10-9(7)15(22)21(16(10)23)6(2)17(24)25/h6-12H,4-5H2,1-3H3,(H,20,26)(H,24,25)/t6-,7+,8+,9-,10+,11+,12+,19+/m1/s1. The largest absolute Gasteiger partial charge is 0.480 e. The number of amides is 2. The number of carboxylic acid groups (broad SMARTS) is 1. The molecule has 28 heavy (non-hydrogen) atoms. The number of imide groups is 1. The molecule has 1 aromatic rings. The maximum atomic E-state index is 13.1. The van der Waals surface area contributed by atoms with Crippen LogP contribution in [-0.2, 0) is 19.8 Å². The SMILES string of the molecule is CC[C@]1(C)c2sc(=O)[nH]c2S[C@H]2[C@H]3C[C@@H]([C@H]4C(=O)N([C@H](C)C(=O)O)C(=O)[C@@H]34)[C@@H]21. The van der Waals surface area contributed by atoms with Crippen molar-refractivity contribution >= 4 is 40.9 Å². The summed E-state index contributed by atoms with van der Waals surface area (Å²) in [5.74, 6) is -2.29. The van der Waals surface area contributed by atoms with Crippen LogP contribution < -0.4 is 4.87 Å². The van der Waals surface area contributed by atoms with Crippen LogP contribution in [0.2, 0.25) is 0 Å². The third-order valence-corrected chi connectivity index (χ3v) is 10.5. The maximum Gasteiger partial charge on any atom is 0.326 e. The highest BCUT2D eigenvalue weighted by Gasteiger charge is 2.71. The van der Waals surface area contributed by atoms with Crippen molar-refractivity contribution in [3.8, 4) is 0 Å². The maximum absolute atomic E-state index is 13.1. The fraction of sp³-hybridized carbons (Fsp3) is 0.684. The van der Waals surface area contributed by atoms with Gasteiger partial charge in [-0.1, -0.05) is 25.2 Å². The molecule has 5 rings (SSSR count). The van der Waals surface area contributed by atoms with Gasteiger partial charge in [-0.25, -0.2) is 4.79 Å². The van der Waals surface area contributed by atoms with Crippen molar-refractivity contribution in [2.75, 3.05) is 0 Å². The van der Waals surface area contributed by atoms with Crippen molar-refractivity contribution < 1.29 is 19.5 Å². The molecule has 3 fully saturated rings. The minimum atomic E-state index is -1.15. The first kappa shape index (κ1) is 18.4. The van der Waals surface area contributed by atoms with Crippen LogP contribution in [0.5, 0.6) is 0 Å². The van der Waals surface area contributed by atoms with Gasteiger partial charge < -0.3 is 10.1 Å². The third-order valence-electron chi connectivity index (χ3n) is 7.74. The van der Waals surface area contributed by atoms with Gasteiger partial charge in [-0.15, -0.1) is 11.8 Å². The number of carboxylic acids is 1. The van der Waals surface area contributed by atoms with Crippen molar-refractivity contribution in [1.82, 2.24) is 9.88 Å². The lowest BCUT2D eigenvalue weighted by atomic mass is 9.62. The Kier molecular flexibility index (Phi) is 3.76. The van der Waals surface area contributed by atoms with Crippen LogP contribution in [0.15, 0.2) is 9.82 Å². The van der Waals surface area contributed by atoms with E-state index >= 15 is 0 Å². The summed E-state index contributed by atoms with van der Waals surface area (Å²) in [5.41, 5.74) is -0.214. The molecule has 3 heterocycles. The number of aromatic amines is 1. The first-order chi connectivity index (χ1) is 13.2. The minimum absolute atomic E-state index is 0.0508. The van der Waals surface area contributed by atoms with Gasteiger partial charge in [0.25, 0.3) is 0 Å². The van der Waals surface area contributed by atoms with Crippen LogP contribution in [0, 0.1) is 29.6 Å². The molecule has 0 spiro atoms. The van der Waals surface area contributed by atoms with E-state index in [1.54, 1.807) is 11.8 Å². The van der Waals surface area contributed by atoms with Gasteiger partial charge in [0.05, 0.1) is 16.9 Å². The van der Waals surface area contributed by atoms with Crippen molar-refractivity contribution in [3.63, 3.8) is 0 Å². The molecule has 2 aliphatic carbocycles. The van der Waals surface area contributed by atoms with E-state index < -0.39 is 23.8 Å². The van der Waals surface area contributed by atoms with E-state index in [1.165, 1.54) is 18.3 Å². The molecule has 150 valence electrons. The number of thiazole rings is 1. The number of hydrogen-bond donors (Lipinski definition) is 2. The minimum Gasteiger partial charge on any atom is -0.480 e. The second-order valence-corrected chi connectivity index (χ2v) is 10.9. The Balaban J connectivity index is 1.59. The molecule has 0 aromatic carbocycles. The van der Waals surface area contributed by atoms with E-state index in [9.17, 15) is 24.3 Å². The monoisotopic (exact) mass is 422 g/mol.